The molecule has 0 rings (SSSR count). The minimum atomic E-state index is -0.694. The maximum absolute atomic E-state index is 9.34. The van der Waals surface area contributed by atoms with E-state index in [9.17, 15) is 5.11 Å². The molecule has 0 aromatic carbocycles. The van der Waals surface area contributed by atoms with E-state index in [0.29, 0.717) is 10.7 Å². The Labute approximate surface area is 77.6 Å². The Bertz CT molecular complexity index is 133. The smallest absolute Gasteiger partial charge is 0.0772 e. The molecule has 0 saturated heterocycles. The quantitative estimate of drug-likeness (QED) is 0.573. The normalized spacial score (nSPS) is 16.3. The fourth-order valence-corrected chi connectivity index (χ4v) is 0.702. The first-order valence-corrected chi connectivity index (χ1v) is 4.80. The number of halogens is 1. The predicted octanol–water partition coefficient (Wildman–Crippen LogP) is 2.73. The van der Waals surface area contributed by atoms with Gasteiger partial charge in [-0.3, -0.25) is 0 Å². The van der Waals surface area contributed by atoms with Crippen LogP contribution in [-0.4, -0.2) is 15.5 Å². The standard InChI is InChI=1S/C9H17BrO/c1-7(2)8(10)5-6-9(3,4)11/h5-8,11H,1-4H3/b6-5+. The van der Waals surface area contributed by atoms with Gasteiger partial charge in [-0.15, -0.1) is 0 Å². The second kappa shape index (κ2) is 4.27. The maximum atomic E-state index is 9.34. The zero-order valence-corrected chi connectivity index (χ0v) is 9.22. The van der Waals surface area contributed by atoms with Crippen molar-refractivity contribution in [2.75, 3.05) is 0 Å². The Morgan fingerprint density at radius 3 is 2.09 bits per heavy atom. The SMILES string of the molecule is CC(C)C(Br)/C=C/C(C)(C)O. The Morgan fingerprint density at radius 2 is 1.82 bits per heavy atom. The highest BCUT2D eigenvalue weighted by Gasteiger charge is 2.09. The molecule has 1 atom stereocenters. The van der Waals surface area contributed by atoms with Gasteiger partial charge in [0.15, 0.2) is 0 Å². The van der Waals surface area contributed by atoms with E-state index in [-0.39, 0.29) is 0 Å². The summed E-state index contributed by atoms with van der Waals surface area (Å²) in [5.41, 5.74) is -0.694. The summed E-state index contributed by atoms with van der Waals surface area (Å²) in [4.78, 5) is 0.355. The van der Waals surface area contributed by atoms with E-state index in [1.165, 1.54) is 0 Å². The molecule has 2 heteroatoms. The van der Waals surface area contributed by atoms with Gasteiger partial charge < -0.3 is 5.11 Å². The van der Waals surface area contributed by atoms with Gasteiger partial charge in [0.1, 0.15) is 0 Å². The van der Waals surface area contributed by atoms with Crippen LogP contribution >= 0.6 is 15.9 Å². The molecule has 0 radical (unpaired) electrons. The van der Waals surface area contributed by atoms with Crippen molar-refractivity contribution in [1.29, 1.82) is 0 Å². The van der Waals surface area contributed by atoms with Crippen molar-refractivity contribution < 1.29 is 5.11 Å². The van der Waals surface area contributed by atoms with E-state index in [0.717, 1.165) is 0 Å². The van der Waals surface area contributed by atoms with E-state index in [2.05, 4.69) is 29.8 Å². The van der Waals surface area contributed by atoms with Crippen molar-refractivity contribution in [1.82, 2.24) is 0 Å². The van der Waals surface area contributed by atoms with Crippen molar-refractivity contribution in [2.24, 2.45) is 5.92 Å². The van der Waals surface area contributed by atoms with E-state index >= 15 is 0 Å². The third kappa shape index (κ3) is 6.57. The summed E-state index contributed by atoms with van der Waals surface area (Å²) >= 11 is 3.50. The minimum Gasteiger partial charge on any atom is -0.386 e. The van der Waals surface area contributed by atoms with Gasteiger partial charge in [-0.25, -0.2) is 0 Å². The second-order valence-electron chi connectivity index (χ2n) is 3.70. The van der Waals surface area contributed by atoms with Crippen molar-refractivity contribution in [3.05, 3.63) is 12.2 Å². The Kier molecular flexibility index (Phi) is 4.34. The zero-order chi connectivity index (χ0) is 9.07. The maximum Gasteiger partial charge on any atom is 0.0772 e. The Balaban J connectivity index is 3.93. The molecule has 0 amide bonds. The molecule has 66 valence electrons. The summed E-state index contributed by atoms with van der Waals surface area (Å²) in [5, 5.41) is 9.34. The van der Waals surface area contributed by atoms with E-state index < -0.39 is 5.60 Å². The van der Waals surface area contributed by atoms with Gasteiger partial charge in [-0.2, -0.15) is 0 Å². The number of alkyl halides is 1. The average Bonchev–Trinajstić information content (AvgIpc) is 1.80. The lowest BCUT2D eigenvalue weighted by Gasteiger charge is -2.13. The van der Waals surface area contributed by atoms with Crippen LogP contribution in [0.15, 0.2) is 12.2 Å². The summed E-state index contributed by atoms with van der Waals surface area (Å²) in [6.07, 6.45) is 3.80. The number of allylic oxidation sites excluding steroid dienone is 1. The van der Waals surface area contributed by atoms with Crippen LogP contribution in [0.4, 0.5) is 0 Å². The van der Waals surface area contributed by atoms with Crippen LogP contribution in [0.25, 0.3) is 0 Å². The molecule has 0 aliphatic rings. The fraction of sp³-hybridized carbons (Fsp3) is 0.778. The molecule has 0 aromatic heterocycles. The highest BCUT2D eigenvalue weighted by Crippen LogP contribution is 2.15. The monoisotopic (exact) mass is 220 g/mol. The highest BCUT2D eigenvalue weighted by molar-refractivity contribution is 9.09. The van der Waals surface area contributed by atoms with Crippen LogP contribution in [0.3, 0.4) is 0 Å². The number of aliphatic hydroxyl groups is 1. The molecule has 0 saturated carbocycles. The van der Waals surface area contributed by atoms with Crippen LogP contribution < -0.4 is 0 Å². The molecule has 0 heterocycles. The molecule has 0 spiro atoms. The Morgan fingerprint density at radius 1 is 1.36 bits per heavy atom. The third-order valence-corrected chi connectivity index (χ3v) is 2.69. The molecule has 0 aromatic rings. The summed E-state index contributed by atoms with van der Waals surface area (Å²) in [5.74, 6) is 0.564. The zero-order valence-electron chi connectivity index (χ0n) is 7.63. The van der Waals surface area contributed by atoms with Gasteiger partial charge >= 0.3 is 0 Å². The lowest BCUT2D eigenvalue weighted by Crippen LogP contribution is -2.15. The molecule has 11 heavy (non-hydrogen) atoms. The van der Waals surface area contributed by atoms with Crippen molar-refractivity contribution in [3.8, 4) is 0 Å². The summed E-state index contributed by atoms with van der Waals surface area (Å²) in [6.45, 7) is 7.80. The molecule has 0 bridgehead atoms. The van der Waals surface area contributed by atoms with Gasteiger partial charge in [-0.1, -0.05) is 41.9 Å². The molecule has 1 N–H and O–H groups in total. The van der Waals surface area contributed by atoms with E-state index in [1.54, 1.807) is 13.8 Å². The number of hydrogen-bond donors (Lipinski definition) is 1. The summed E-state index contributed by atoms with van der Waals surface area (Å²) in [6, 6.07) is 0. The minimum absolute atomic E-state index is 0.355. The van der Waals surface area contributed by atoms with Gasteiger partial charge in [0.2, 0.25) is 0 Å². The first-order chi connectivity index (χ1) is 4.83. The second-order valence-corrected chi connectivity index (χ2v) is 4.76. The summed E-state index contributed by atoms with van der Waals surface area (Å²) < 4.78 is 0. The first kappa shape index (κ1) is 11.2. The first-order valence-electron chi connectivity index (χ1n) is 3.89. The lowest BCUT2D eigenvalue weighted by atomic mass is 10.1. The van der Waals surface area contributed by atoms with Gasteiger partial charge in [-0.05, 0) is 19.8 Å². The third-order valence-electron chi connectivity index (χ3n) is 1.32. The predicted molar refractivity (Wildman–Crippen MR) is 53.0 cm³/mol. The van der Waals surface area contributed by atoms with Crippen molar-refractivity contribution in [2.45, 2.75) is 38.1 Å². The molecule has 1 unspecified atom stereocenters. The van der Waals surface area contributed by atoms with Gasteiger partial charge in [0.05, 0.1) is 5.60 Å². The highest BCUT2D eigenvalue weighted by atomic mass is 79.9. The van der Waals surface area contributed by atoms with Crippen molar-refractivity contribution in [3.63, 3.8) is 0 Å². The number of rotatable bonds is 3. The molecule has 0 aliphatic heterocycles. The van der Waals surface area contributed by atoms with Crippen LogP contribution in [0.1, 0.15) is 27.7 Å². The largest absolute Gasteiger partial charge is 0.386 e. The van der Waals surface area contributed by atoms with Gasteiger partial charge in [0, 0.05) is 4.83 Å². The van der Waals surface area contributed by atoms with E-state index in [1.807, 2.05) is 12.2 Å². The van der Waals surface area contributed by atoms with E-state index in [4.69, 9.17) is 0 Å². The fourth-order valence-electron chi connectivity index (χ4n) is 0.550. The topological polar surface area (TPSA) is 20.2 Å². The lowest BCUT2D eigenvalue weighted by molar-refractivity contribution is 0.133. The van der Waals surface area contributed by atoms with Crippen LogP contribution in [-0.2, 0) is 0 Å². The van der Waals surface area contributed by atoms with Crippen LogP contribution in [0, 0.1) is 5.92 Å². The van der Waals surface area contributed by atoms with Crippen LogP contribution in [0.2, 0.25) is 0 Å². The number of hydrogen-bond acceptors (Lipinski definition) is 1. The molecular formula is C9H17BrO. The van der Waals surface area contributed by atoms with Crippen LogP contribution in [0.5, 0.6) is 0 Å². The van der Waals surface area contributed by atoms with Crippen molar-refractivity contribution >= 4 is 15.9 Å². The summed E-state index contributed by atoms with van der Waals surface area (Å²) in [7, 11) is 0. The Hall–Kier alpha value is 0.180. The molecule has 0 fully saturated rings. The van der Waals surface area contributed by atoms with Gasteiger partial charge in [0.25, 0.3) is 0 Å². The average molecular weight is 221 g/mol. The molecule has 0 aliphatic carbocycles. The molecule has 1 nitrogen and oxygen atoms in total. The molecular weight excluding hydrogens is 204 g/mol.